The van der Waals surface area contributed by atoms with E-state index < -0.39 is 6.36 Å². The zero-order valence-corrected chi connectivity index (χ0v) is 9.67. The molecule has 18 heavy (non-hydrogen) atoms. The number of alkyl halides is 3. The number of para-hydroxylation sites is 1. The van der Waals surface area contributed by atoms with Crippen molar-refractivity contribution >= 4 is 5.78 Å². The van der Waals surface area contributed by atoms with Crippen molar-refractivity contribution in [3.63, 3.8) is 0 Å². The molecule has 0 bridgehead atoms. The number of carbonyl (C=O) groups is 1. The van der Waals surface area contributed by atoms with E-state index in [1.807, 2.05) is 0 Å². The number of rotatable bonds is 5. The SMILES string of the molecule is O=C(CCc1ccccc1OC(F)(F)F)C1CC1. The van der Waals surface area contributed by atoms with Gasteiger partial charge in [0.15, 0.2) is 0 Å². The molecule has 0 aliphatic heterocycles. The van der Waals surface area contributed by atoms with Crippen molar-refractivity contribution in [1.82, 2.24) is 0 Å². The summed E-state index contributed by atoms with van der Waals surface area (Å²) in [6.07, 6.45) is -2.29. The van der Waals surface area contributed by atoms with Gasteiger partial charge in [0.25, 0.3) is 0 Å². The lowest BCUT2D eigenvalue weighted by atomic mass is 10.0. The maximum atomic E-state index is 12.2. The van der Waals surface area contributed by atoms with Gasteiger partial charge >= 0.3 is 6.36 Å². The number of hydrogen-bond donors (Lipinski definition) is 0. The van der Waals surface area contributed by atoms with E-state index in [1.54, 1.807) is 12.1 Å². The Morgan fingerprint density at radius 2 is 1.94 bits per heavy atom. The zero-order valence-electron chi connectivity index (χ0n) is 9.67. The van der Waals surface area contributed by atoms with Gasteiger partial charge in [0.05, 0.1) is 0 Å². The van der Waals surface area contributed by atoms with Gasteiger partial charge in [-0.3, -0.25) is 4.79 Å². The van der Waals surface area contributed by atoms with Crippen molar-refractivity contribution in [2.75, 3.05) is 0 Å². The second-order valence-electron chi connectivity index (χ2n) is 4.40. The molecule has 1 aromatic rings. The number of halogens is 3. The van der Waals surface area contributed by atoms with Crippen LogP contribution in [0.5, 0.6) is 5.75 Å². The molecule has 0 atom stereocenters. The van der Waals surface area contributed by atoms with Crippen LogP contribution in [0.4, 0.5) is 13.2 Å². The first-order valence-corrected chi connectivity index (χ1v) is 5.82. The minimum absolute atomic E-state index is 0.136. The number of benzene rings is 1. The highest BCUT2D eigenvalue weighted by Gasteiger charge is 2.32. The third-order valence-electron chi connectivity index (χ3n) is 2.87. The Balaban J connectivity index is 2.00. The summed E-state index contributed by atoms with van der Waals surface area (Å²) in [6, 6.07) is 5.94. The fourth-order valence-corrected chi connectivity index (χ4v) is 1.80. The average Bonchev–Trinajstić information content (AvgIpc) is 3.09. The van der Waals surface area contributed by atoms with Gasteiger partial charge in [-0.05, 0) is 30.9 Å². The van der Waals surface area contributed by atoms with Crippen molar-refractivity contribution in [2.24, 2.45) is 5.92 Å². The number of Topliss-reactive ketones (excluding diaryl/α,β-unsaturated/α-hetero) is 1. The van der Waals surface area contributed by atoms with Gasteiger partial charge in [-0.15, -0.1) is 13.2 Å². The minimum Gasteiger partial charge on any atom is -0.406 e. The summed E-state index contributed by atoms with van der Waals surface area (Å²) >= 11 is 0. The molecule has 1 aliphatic carbocycles. The molecule has 2 nitrogen and oxygen atoms in total. The van der Waals surface area contributed by atoms with Crippen molar-refractivity contribution in [2.45, 2.75) is 32.0 Å². The highest BCUT2D eigenvalue weighted by atomic mass is 19.4. The maximum Gasteiger partial charge on any atom is 0.573 e. The molecule has 1 saturated carbocycles. The van der Waals surface area contributed by atoms with Gasteiger partial charge in [-0.2, -0.15) is 0 Å². The van der Waals surface area contributed by atoms with Gasteiger partial charge in [0.2, 0.25) is 0 Å². The van der Waals surface area contributed by atoms with Gasteiger partial charge in [0, 0.05) is 12.3 Å². The van der Waals surface area contributed by atoms with Crippen molar-refractivity contribution in [1.29, 1.82) is 0 Å². The molecule has 5 heteroatoms. The second-order valence-corrected chi connectivity index (χ2v) is 4.40. The molecule has 0 N–H and O–H groups in total. The van der Waals surface area contributed by atoms with Gasteiger partial charge in [0.1, 0.15) is 11.5 Å². The molecule has 1 fully saturated rings. The van der Waals surface area contributed by atoms with E-state index >= 15 is 0 Å². The molecule has 0 unspecified atom stereocenters. The molecule has 1 aromatic carbocycles. The van der Waals surface area contributed by atoms with E-state index in [9.17, 15) is 18.0 Å². The van der Waals surface area contributed by atoms with E-state index in [0.29, 0.717) is 12.0 Å². The van der Waals surface area contributed by atoms with Gasteiger partial charge in [-0.1, -0.05) is 18.2 Å². The van der Waals surface area contributed by atoms with Gasteiger partial charge in [-0.25, -0.2) is 0 Å². The third kappa shape index (κ3) is 3.75. The maximum absolute atomic E-state index is 12.2. The first-order chi connectivity index (χ1) is 8.46. The highest BCUT2D eigenvalue weighted by molar-refractivity contribution is 5.83. The number of hydrogen-bond acceptors (Lipinski definition) is 2. The first-order valence-electron chi connectivity index (χ1n) is 5.82. The molecular formula is C13H13F3O2. The van der Waals surface area contributed by atoms with Crippen LogP contribution in [-0.2, 0) is 11.2 Å². The normalized spacial score (nSPS) is 15.5. The second kappa shape index (κ2) is 5.00. The topological polar surface area (TPSA) is 26.3 Å². The Labute approximate surface area is 103 Å². The Morgan fingerprint density at radius 3 is 2.56 bits per heavy atom. The molecule has 2 rings (SSSR count). The molecule has 1 aliphatic rings. The summed E-state index contributed by atoms with van der Waals surface area (Å²) in [6.45, 7) is 0. The fraction of sp³-hybridized carbons (Fsp3) is 0.462. The van der Waals surface area contributed by atoms with Crippen LogP contribution in [0.1, 0.15) is 24.8 Å². The van der Waals surface area contributed by atoms with E-state index in [4.69, 9.17) is 0 Å². The zero-order chi connectivity index (χ0) is 13.2. The van der Waals surface area contributed by atoms with Gasteiger partial charge < -0.3 is 4.74 Å². The first kappa shape index (κ1) is 12.9. The molecule has 0 aromatic heterocycles. The Bertz CT molecular complexity index is 436. The summed E-state index contributed by atoms with van der Waals surface area (Å²) in [5.41, 5.74) is 0.420. The standard InChI is InChI=1S/C13H13F3O2/c14-13(15,16)18-12-4-2-1-3-10(12)7-8-11(17)9-5-6-9/h1-4,9H,5-8H2. The minimum atomic E-state index is -4.70. The largest absolute Gasteiger partial charge is 0.573 e. The fourth-order valence-electron chi connectivity index (χ4n) is 1.80. The van der Waals surface area contributed by atoms with Crippen LogP contribution >= 0.6 is 0 Å². The van der Waals surface area contributed by atoms with Crippen LogP contribution in [-0.4, -0.2) is 12.1 Å². The predicted molar refractivity (Wildman–Crippen MR) is 59.2 cm³/mol. The third-order valence-corrected chi connectivity index (χ3v) is 2.87. The van der Waals surface area contributed by atoms with Crippen LogP contribution < -0.4 is 4.74 Å². The summed E-state index contributed by atoms with van der Waals surface area (Å²) in [5, 5.41) is 0. The smallest absolute Gasteiger partial charge is 0.406 e. The molecule has 0 saturated heterocycles. The van der Waals surface area contributed by atoms with E-state index in [0.717, 1.165) is 12.8 Å². The lowest BCUT2D eigenvalue weighted by molar-refractivity contribution is -0.274. The van der Waals surface area contributed by atoms with Crippen LogP contribution in [0.3, 0.4) is 0 Å². The molecular weight excluding hydrogens is 245 g/mol. The average molecular weight is 258 g/mol. The van der Waals surface area contributed by atoms with Crippen LogP contribution in [0.15, 0.2) is 24.3 Å². The molecule has 0 amide bonds. The Kier molecular flexibility index (Phi) is 3.59. The molecule has 0 radical (unpaired) electrons. The molecule has 0 spiro atoms. The van der Waals surface area contributed by atoms with Crippen LogP contribution in [0.2, 0.25) is 0 Å². The summed E-state index contributed by atoms with van der Waals surface area (Å²) < 4.78 is 40.4. The van der Waals surface area contributed by atoms with Crippen LogP contribution in [0, 0.1) is 5.92 Å². The highest BCUT2D eigenvalue weighted by Crippen LogP contribution is 2.32. The van der Waals surface area contributed by atoms with Crippen molar-refractivity contribution in [3.05, 3.63) is 29.8 Å². The Hall–Kier alpha value is -1.52. The number of carbonyl (C=O) groups excluding carboxylic acids is 1. The number of ether oxygens (including phenoxy) is 1. The lowest BCUT2D eigenvalue weighted by Crippen LogP contribution is -2.18. The summed E-state index contributed by atoms with van der Waals surface area (Å²) in [7, 11) is 0. The van der Waals surface area contributed by atoms with Crippen LogP contribution in [0.25, 0.3) is 0 Å². The van der Waals surface area contributed by atoms with E-state index in [-0.39, 0.29) is 23.9 Å². The monoisotopic (exact) mass is 258 g/mol. The van der Waals surface area contributed by atoms with Crippen molar-refractivity contribution < 1.29 is 22.7 Å². The quantitative estimate of drug-likeness (QED) is 0.808. The molecule has 0 heterocycles. The van der Waals surface area contributed by atoms with E-state index in [2.05, 4.69) is 4.74 Å². The summed E-state index contributed by atoms with van der Waals surface area (Å²) in [4.78, 5) is 11.5. The molecule has 98 valence electrons. The van der Waals surface area contributed by atoms with Crippen molar-refractivity contribution in [3.8, 4) is 5.75 Å². The van der Waals surface area contributed by atoms with E-state index in [1.165, 1.54) is 12.1 Å². The predicted octanol–water partition coefficient (Wildman–Crippen LogP) is 3.50. The number of ketones is 1. The summed E-state index contributed by atoms with van der Waals surface area (Å²) in [5.74, 6) is 0.0612. The lowest BCUT2D eigenvalue weighted by Gasteiger charge is -2.12. The Morgan fingerprint density at radius 1 is 1.28 bits per heavy atom. The number of aryl methyl sites for hydroxylation is 1.